The molecule has 0 unspecified atom stereocenters. The van der Waals surface area contributed by atoms with E-state index < -0.39 is 0 Å². The fourth-order valence-electron chi connectivity index (χ4n) is 1.33. The van der Waals surface area contributed by atoms with Gasteiger partial charge in [-0.15, -0.1) is 0 Å². The van der Waals surface area contributed by atoms with Crippen molar-refractivity contribution >= 4 is 0 Å². The Kier molecular flexibility index (Phi) is 3.92. The Morgan fingerprint density at radius 1 is 1.13 bits per heavy atom. The fraction of sp³-hybridized carbons (Fsp3) is 0.250. The van der Waals surface area contributed by atoms with E-state index in [-0.39, 0.29) is 5.56 Å². The van der Waals surface area contributed by atoms with E-state index in [2.05, 4.69) is 5.10 Å². The molecule has 0 radical (unpaired) electrons. The first-order chi connectivity index (χ1) is 7.27. The van der Waals surface area contributed by atoms with Crippen molar-refractivity contribution in [3.8, 4) is 11.1 Å². The summed E-state index contributed by atoms with van der Waals surface area (Å²) in [5.74, 6) is 0. The van der Waals surface area contributed by atoms with Crippen molar-refractivity contribution in [2.45, 2.75) is 13.8 Å². The van der Waals surface area contributed by atoms with Crippen molar-refractivity contribution < 1.29 is 0 Å². The highest BCUT2D eigenvalue weighted by Gasteiger charge is 2.03. The largest absolute Gasteiger partial charge is 0.295 e. The predicted octanol–water partition coefficient (Wildman–Crippen LogP) is 2.41. The maximum atomic E-state index is 11.4. The van der Waals surface area contributed by atoms with E-state index in [1.54, 1.807) is 17.9 Å². The van der Waals surface area contributed by atoms with Crippen LogP contribution in [0.2, 0.25) is 0 Å². The molecule has 0 saturated heterocycles. The monoisotopic (exact) mass is 204 g/mol. The van der Waals surface area contributed by atoms with Gasteiger partial charge in [-0.2, -0.15) is 0 Å². The fourth-order valence-corrected chi connectivity index (χ4v) is 1.33. The topological polar surface area (TPSA) is 37.8 Å². The molecule has 0 aliphatic carbocycles. The van der Waals surface area contributed by atoms with Crippen molar-refractivity contribution in [3.63, 3.8) is 0 Å². The number of benzene rings is 1. The minimum Gasteiger partial charge on any atom is -0.295 e. The summed E-state index contributed by atoms with van der Waals surface area (Å²) in [6.07, 6.45) is 1.79. The molecular formula is C12H16N2O. The normalized spacial score (nSPS) is 9.27. The van der Waals surface area contributed by atoms with Crippen LogP contribution < -0.4 is 5.56 Å². The number of hydrogen-bond donors (Lipinski definition) is 1. The molecule has 1 aromatic carbocycles. The summed E-state index contributed by atoms with van der Waals surface area (Å²) >= 11 is 0. The quantitative estimate of drug-likeness (QED) is 0.761. The summed E-state index contributed by atoms with van der Waals surface area (Å²) in [5, 5.41) is 2.67. The molecule has 0 bridgehead atoms. The van der Waals surface area contributed by atoms with Crippen LogP contribution in [-0.4, -0.2) is 9.78 Å². The van der Waals surface area contributed by atoms with Gasteiger partial charge in [0.25, 0.3) is 5.56 Å². The summed E-state index contributed by atoms with van der Waals surface area (Å²) in [6.45, 7) is 4.00. The SMILES string of the molecule is CC.Cn1cc(-c2ccccc2)c(=O)[nH]1. The lowest BCUT2D eigenvalue weighted by atomic mass is 10.1. The van der Waals surface area contributed by atoms with Gasteiger partial charge in [-0.3, -0.25) is 14.6 Å². The molecule has 0 spiro atoms. The van der Waals surface area contributed by atoms with Crippen LogP contribution in [0, 0.1) is 0 Å². The van der Waals surface area contributed by atoms with Crippen LogP contribution in [0.25, 0.3) is 11.1 Å². The highest BCUT2D eigenvalue weighted by atomic mass is 16.1. The predicted molar refractivity (Wildman–Crippen MR) is 62.8 cm³/mol. The van der Waals surface area contributed by atoms with Crippen LogP contribution in [0.3, 0.4) is 0 Å². The van der Waals surface area contributed by atoms with Crippen LogP contribution >= 0.6 is 0 Å². The molecule has 0 aliphatic rings. The Balaban J connectivity index is 0.000000531. The van der Waals surface area contributed by atoms with E-state index in [9.17, 15) is 4.79 Å². The van der Waals surface area contributed by atoms with E-state index in [0.29, 0.717) is 5.56 Å². The lowest BCUT2D eigenvalue weighted by Crippen LogP contribution is -2.03. The summed E-state index contributed by atoms with van der Waals surface area (Å²) in [5.41, 5.74) is 1.61. The summed E-state index contributed by atoms with van der Waals surface area (Å²) in [6, 6.07) is 9.61. The average Bonchev–Trinajstić information content (AvgIpc) is 2.62. The number of nitrogens with one attached hydrogen (secondary N) is 1. The third-order valence-corrected chi connectivity index (χ3v) is 1.93. The highest BCUT2D eigenvalue weighted by Crippen LogP contribution is 2.12. The Bertz CT molecular complexity index is 454. The van der Waals surface area contributed by atoms with Crippen LogP contribution in [0.5, 0.6) is 0 Å². The van der Waals surface area contributed by atoms with Gasteiger partial charge in [0.1, 0.15) is 0 Å². The van der Waals surface area contributed by atoms with Crippen molar-refractivity contribution in [2.75, 3.05) is 0 Å². The minimum absolute atomic E-state index is 0.0475. The Morgan fingerprint density at radius 3 is 2.20 bits per heavy atom. The maximum absolute atomic E-state index is 11.4. The molecule has 0 fully saturated rings. The molecule has 1 heterocycles. The van der Waals surface area contributed by atoms with Gasteiger partial charge in [0.15, 0.2) is 0 Å². The summed E-state index contributed by atoms with van der Waals surface area (Å²) in [7, 11) is 1.80. The van der Waals surface area contributed by atoms with Crippen LogP contribution in [0.1, 0.15) is 13.8 Å². The standard InChI is InChI=1S/C10H10N2O.C2H6/c1-12-7-9(10(13)11-12)8-5-3-2-4-6-8;1-2/h2-7H,1H3,(H,11,13);1-2H3. The first-order valence-corrected chi connectivity index (χ1v) is 5.08. The van der Waals surface area contributed by atoms with E-state index in [1.807, 2.05) is 44.2 Å². The molecule has 15 heavy (non-hydrogen) atoms. The van der Waals surface area contributed by atoms with Crippen molar-refractivity contribution in [1.29, 1.82) is 0 Å². The van der Waals surface area contributed by atoms with Gasteiger partial charge in [0.2, 0.25) is 0 Å². The minimum atomic E-state index is -0.0475. The first kappa shape index (κ1) is 11.3. The van der Waals surface area contributed by atoms with Crippen molar-refractivity contribution in [3.05, 3.63) is 46.9 Å². The number of rotatable bonds is 1. The van der Waals surface area contributed by atoms with Gasteiger partial charge < -0.3 is 0 Å². The van der Waals surface area contributed by atoms with Crippen molar-refractivity contribution in [2.24, 2.45) is 7.05 Å². The Labute approximate surface area is 89.4 Å². The van der Waals surface area contributed by atoms with Gasteiger partial charge in [-0.1, -0.05) is 44.2 Å². The second-order valence-electron chi connectivity index (χ2n) is 2.96. The number of nitrogens with zero attached hydrogens (tertiary/aromatic N) is 1. The van der Waals surface area contributed by atoms with Gasteiger partial charge in [-0.05, 0) is 5.56 Å². The second-order valence-corrected chi connectivity index (χ2v) is 2.96. The molecule has 3 nitrogen and oxygen atoms in total. The third-order valence-electron chi connectivity index (χ3n) is 1.93. The number of H-pyrrole nitrogens is 1. The smallest absolute Gasteiger partial charge is 0.271 e. The number of aromatic nitrogens is 2. The lowest BCUT2D eigenvalue weighted by molar-refractivity contribution is 0.756. The molecule has 2 rings (SSSR count). The zero-order valence-electron chi connectivity index (χ0n) is 9.32. The molecule has 0 saturated carbocycles. The highest BCUT2D eigenvalue weighted by molar-refractivity contribution is 5.61. The molecule has 80 valence electrons. The van der Waals surface area contributed by atoms with Gasteiger partial charge in [-0.25, -0.2) is 0 Å². The second kappa shape index (κ2) is 5.20. The Morgan fingerprint density at radius 2 is 1.73 bits per heavy atom. The van der Waals surface area contributed by atoms with Crippen molar-refractivity contribution in [1.82, 2.24) is 9.78 Å². The molecule has 0 amide bonds. The average molecular weight is 204 g/mol. The summed E-state index contributed by atoms with van der Waals surface area (Å²) in [4.78, 5) is 11.4. The van der Waals surface area contributed by atoms with Crippen LogP contribution in [-0.2, 0) is 7.05 Å². The van der Waals surface area contributed by atoms with E-state index >= 15 is 0 Å². The van der Waals surface area contributed by atoms with E-state index in [1.165, 1.54) is 0 Å². The molecule has 0 atom stereocenters. The number of aromatic amines is 1. The molecule has 0 aliphatic heterocycles. The third kappa shape index (κ3) is 2.59. The molecule has 1 aromatic heterocycles. The van der Waals surface area contributed by atoms with Gasteiger partial charge in [0, 0.05) is 13.2 Å². The number of aryl methyl sites for hydroxylation is 1. The van der Waals surface area contributed by atoms with E-state index in [0.717, 1.165) is 5.56 Å². The molecule has 2 aromatic rings. The number of hydrogen-bond acceptors (Lipinski definition) is 1. The zero-order valence-corrected chi connectivity index (χ0v) is 9.32. The molecular weight excluding hydrogens is 188 g/mol. The van der Waals surface area contributed by atoms with Gasteiger partial charge >= 0.3 is 0 Å². The van der Waals surface area contributed by atoms with Crippen LogP contribution in [0.15, 0.2) is 41.3 Å². The lowest BCUT2D eigenvalue weighted by Gasteiger charge is -1.92. The molecule has 3 heteroatoms. The Hall–Kier alpha value is -1.77. The van der Waals surface area contributed by atoms with Gasteiger partial charge in [0.05, 0.1) is 5.56 Å². The summed E-state index contributed by atoms with van der Waals surface area (Å²) < 4.78 is 1.66. The van der Waals surface area contributed by atoms with E-state index in [4.69, 9.17) is 0 Å². The first-order valence-electron chi connectivity index (χ1n) is 5.08. The molecule has 1 N–H and O–H groups in total. The maximum Gasteiger partial charge on any atom is 0.271 e. The zero-order chi connectivity index (χ0) is 11.3. The van der Waals surface area contributed by atoms with Crippen LogP contribution in [0.4, 0.5) is 0 Å².